The van der Waals surface area contributed by atoms with Crippen molar-refractivity contribution in [3.63, 3.8) is 0 Å². The molecule has 2 aliphatic rings. The Labute approximate surface area is 385 Å². The zero-order chi connectivity index (χ0) is 46.6. The molecule has 2 aliphatic heterocycles. The van der Waals surface area contributed by atoms with E-state index in [1.807, 2.05) is 104 Å². The lowest BCUT2D eigenvalue weighted by Crippen LogP contribution is -2.60. The van der Waals surface area contributed by atoms with Crippen LogP contribution < -0.4 is 9.47 Å². The Hall–Kier alpha value is -3.58. The normalized spacial score (nSPS) is 18.8. The third-order valence-corrected chi connectivity index (χ3v) is 12.7. The van der Waals surface area contributed by atoms with E-state index in [1.54, 1.807) is 0 Å². The number of hydroxylamine groups is 4. The first-order valence-electron chi connectivity index (χ1n) is 24.6. The van der Waals surface area contributed by atoms with Crippen LogP contribution in [0.5, 0.6) is 11.5 Å². The molecule has 2 aromatic rings. The van der Waals surface area contributed by atoms with Gasteiger partial charge in [0.2, 0.25) is 0 Å². The maximum Gasteiger partial charge on any atom is 0.306 e. The van der Waals surface area contributed by atoms with Crippen molar-refractivity contribution in [2.24, 2.45) is 10.2 Å². The third-order valence-electron chi connectivity index (χ3n) is 12.7. The lowest BCUT2D eigenvalue weighted by atomic mass is 9.80. The summed E-state index contributed by atoms with van der Waals surface area (Å²) < 4.78 is 23.4. The molecule has 0 saturated carbocycles. The van der Waals surface area contributed by atoms with E-state index in [9.17, 15) is 20.0 Å². The molecule has 12 nitrogen and oxygen atoms in total. The van der Waals surface area contributed by atoms with Crippen LogP contribution >= 0.6 is 0 Å². The quantitative estimate of drug-likeness (QED) is 0.0467. The van der Waals surface area contributed by atoms with Crippen molar-refractivity contribution in [1.82, 2.24) is 10.1 Å². The van der Waals surface area contributed by atoms with Gasteiger partial charge >= 0.3 is 11.9 Å². The van der Waals surface area contributed by atoms with Crippen molar-refractivity contribution in [3.05, 3.63) is 48.5 Å². The minimum atomic E-state index is -0.529. The topological polar surface area (TPSA) is 142 Å². The maximum atomic E-state index is 12.5. The number of esters is 2. The van der Waals surface area contributed by atoms with E-state index in [0.717, 1.165) is 97.2 Å². The molecule has 0 spiro atoms. The van der Waals surface area contributed by atoms with Gasteiger partial charge in [-0.15, -0.1) is 20.5 Å². The molecule has 358 valence electrons. The lowest BCUT2D eigenvalue weighted by Gasteiger charge is -2.49. The summed E-state index contributed by atoms with van der Waals surface area (Å²) in [4.78, 5) is 24.9. The molecular weight excluding hydrogens is 809 g/mol. The number of hydrogen-bond donors (Lipinski definition) is 0. The zero-order valence-electron chi connectivity index (χ0n) is 40.8. The van der Waals surface area contributed by atoms with Gasteiger partial charge in [-0.25, -0.2) is 0 Å². The van der Waals surface area contributed by atoms with E-state index in [1.165, 1.54) is 38.5 Å². The van der Waals surface area contributed by atoms with Crippen molar-refractivity contribution in [2.75, 3.05) is 13.2 Å². The molecule has 0 unspecified atom stereocenters. The van der Waals surface area contributed by atoms with Gasteiger partial charge in [-0.05, 0) is 130 Å². The molecule has 2 radical (unpaired) electrons. The lowest BCUT2D eigenvalue weighted by molar-refractivity contribution is -0.299. The van der Waals surface area contributed by atoms with Gasteiger partial charge in [-0.2, -0.15) is 10.2 Å². The van der Waals surface area contributed by atoms with Crippen molar-refractivity contribution in [2.45, 2.75) is 231 Å². The molecule has 2 fully saturated rings. The molecule has 0 bridgehead atoms. The minimum absolute atomic E-state index is 0.137. The number of rotatable bonds is 28. The first-order valence-corrected chi connectivity index (χ1v) is 24.6. The number of piperidine rings is 2. The van der Waals surface area contributed by atoms with Crippen LogP contribution in [0.4, 0.5) is 11.4 Å². The number of benzene rings is 2. The van der Waals surface area contributed by atoms with Crippen LogP contribution in [0.2, 0.25) is 0 Å². The summed E-state index contributed by atoms with van der Waals surface area (Å²) in [6.45, 7) is 16.8. The molecule has 2 saturated heterocycles. The molecule has 2 aromatic carbocycles. The van der Waals surface area contributed by atoms with Gasteiger partial charge in [0.05, 0.1) is 24.6 Å². The van der Waals surface area contributed by atoms with Crippen LogP contribution in [0.1, 0.15) is 197 Å². The number of ether oxygens (including phenoxy) is 4. The predicted octanol–water partition coefficient (Wildman–Crippen LogP) is 13.7. The Morgan fingerprint density at radius 2 is 0.719 bits per heavy atom. The van der Waals surface area contributed by atoms with Gasteiger partial charge in [-0.3, -0.25) is 9.59 Å². The standard InChI is InChI=1S/C52H82N4O8/c1-49(2)37-45(38-50(3,4)55(49)59)63-47(57)25-21-17-13-9-11-15-19-23-35-61-43-31-27-41(28-32-43)53-54-42-29-33-44(34-30-42)62-36-24-20-16-12-10-14-18-22-26-48(58)64-46-39-51(5,6)56(60)52(7,8)40-46/h27-34,45-46H,9-26,35-40H2,1-8H3. The highest BCUT2D eigenvalue weighted by molar-refractivity contribution is 5.70. The van der Waals surface area contributed by atoms with Crippen LogP contribution in [-0.2, 0) is 29.5 Å². The van der Waals surface area contributed by atoms with Gasteiger partial charge < -0.3 is 18.9 Å². The van der Waals surface area contributed by atoms with Gasteiger partial charge in [0, 0.05) is 60.7 Å². The Morgan fingerprint density at radius 1 is 0.453 bits per heavy atom. The summed E-state index contributed by atoms with van der Waals surface area (Å²) in [5.41, 5.74) is -0.586. The van der Waals surface area contributed by atoms with E-state index in [0.29, 0.717) is 51.7 Å². The molecular formula is C52H82N4O8. The molecule has 0 amide bonds. The summed E-state index contributed by atoms with van der Waals surface area (Å²) >= 11 is 0. The highest BCUT2D eigenvalue weighted by atomic mass is 16.6. The van der Waals surface area contributed by atoms with E-state index in [-0.39, 0.29) is 24.1 Å². The number of carbonyl (C=O) groups excluding carboxylic acids is 2. The SMILES string of the molecule is CC1(C)CC(OC(=O)CCCCCCCCCCOc2ccc(N=Nc3ccc(OCCCCCCCCCCC(=O)OC4CC(C)(C)N([O])C(C)(C)C4)cc3)cc2)CC(C)(C)N1[O]. The van der Waals surface area contributed by atoms with Crippen LogP contribution in [0.3, 0.4) is 0 Å². The average molecular weight is 891 g/mol. The Bertz CT molecular complexity index is 1530. The van der Waals surface area contributed by atoms with E-state index >= 15 is 0 Å². The maximum absolute atomic E-state index is 12.5. The second-order valence-corrected chi connectivity index (χ2v) is 20.9. The summed E-state index contributed by atoms with van der Waals surface area (Å²) in [7, 11) is 0. The molecule has 0 aromatic heterocycles. The van der Waals surface area contributed by atoms with Gasteiger partial charge in [-0.1, -0.05) is 77.0 Å². The fourth-order valence-corrected chi connectivity index (χ4v) is 9.58. The van der Waals surface area contributed by atoms with Crippen molar-refractivity contribution in [1.29, 1.82) is 0 Å². The summed E-state index contributed by atoms with van der Waals surface area (Å²) in [6.07, 6.45) is 20.2. The summed E-state index contributed by atoms with van der Waals surface area (Å²) in [6, 6.07) is 15.4. The first kappa shape index (κ1) is 53.0. The highest BCUT2D eigenvalue weighted by Gasteiger charge is 2.48. The Balaban J connectivity index is 0.931. The van der Waals surface area contributed by atoms with E-state index in [2.05, 4.69) is 10.2 Å². The molecule has 64 heavy (non-hydrogen) atoms. The van der Waals surface area contributed by atoms with Crippen LogP contribution in [0.25, 0.3) is 0 Å². The Morgan fingerprint density at radius 3 is 1.02 bits per heavy atom. The Kier molecular flexibility index (Phi) is 21.5. The van der Waals surface area contributed by atoms with E-state index < -0.39 is 22.2 Å². The third kappa shape index (κ3) is 18.7. The number of nitrogens with zero attached hydrogens (tertiary/aromatic N) is 4. The summed E-state index contributed by atoms with van der Waals surface area (Å²) in [5.74, 6) is 1.39. The van der Waals surface area contributed by atoms with Crippen molar-refractivity contribution < 1.29 is 39.0 Å². The van der Waals surface area contributed by atoms with Crippen molar-refractivity contribution >= 4 is 23.3 Å². The van der Waals surface area contributed by atoms with Crippen LogP contribution in [-0.4, -0.2) is 69.6 Å². The van der Waals surface area contributed by atoms with Crippen LogP contribution in [0.15, 0.2) is 58.8 Å². The van der Waals surface area contributed by atoms with Gasteiger partial charge in [0.25, 0.3) is 0 Å². The molecule has 4 rings (SSSR count). The molecule has 0 N–H and O–H groups in total. The molecule has 0 aliphatic carbocycles. The number of carbonyl (C=O) groups is 2. The second-order valence-electron chi connectivity index (χ2n) is 20.9. The zero-order valence-corrected chi connectivity index (χ0v) is 40.8. The minimum Gasteiger partial charge on any atom is -0.494 e. The molecule has 12 heteroatoms. The van der Waals surface area contributed by atoms with Gasteiger partial charge in [0.1, 0.15) is 23.7 Å². The fraction of sp³-hybridized carbons (Fsp3) is 0.731. The average Bonchev–Trinajstić information content (AvgIpc) is 3.22. The van der Waals surface area contributed by atoms with Crippen LogP contribution in [0, 0.1) is 0 Å². The van der Waals surface area contributed by atoms with Crippen molar-refractivity contribution in [3.8, 4) is 11.5 Å². The largest absolute Gasteiger partial charge is 0.494 e. The summed E-state index contributed by atoms with van der Waals surface area (Å²) in [5, 5.41) is 36.2. The fourth-order valence-electron chi connectivity index (χ4n) is 9.58. The predicted molar refractivity (Wildman–Crippen MR) is 251 cm³/mol. The molecule has 2 heterocycles. The molecule has 0 atom stereocenters. The van der Waals surface area contributed by atoms with E-state index in [4.69, 9.17) is 18.9 Å². The second kappa shape index (κ2) is 25.9. The number of unbranched alkanes of at least 4 members (excludes halogenated alkanes) is 14. The highest BCUT2D eigenvalue weighted by Crippen LogP contribution is 2.40. The first-order chi connectivity index (χ1) is 30.4. The number of azo groups is 1. The monoisotopic (exact) mass is 891 g/mol. The number of hydrogen-bond acceptors (Lipinski definition) is 10. The van der Waals surface area contributed by atoms with Gasteiger partial charge in [0.15, 0.2) is 0 Å². The smallest absolute Gasteiger partial charge is 0.306 e.